The van der Waals surface area contributed by atoms with Crippen molar-refractivity contribution in [2.75, 3.05) is 26.3 Å². The molecule has 2 heterocycles. The highest BCUT2D eigenvalue weighted by atomic mass is 127. The van der Waals surface area contributed by atoms with Gasteiger partial charge in [-0.1, -0.05) is 17.9 Å². The fraction of sp³-hybridized carbons (Fsp3) is 0.286. The number of nitrogens with one attached hydrogen (secondary N) is 1. The van der Waals surface area contributed by atoms with Crippen LogP contribution in [0.4, 0.5) is 0 Å². The SMILES string of the molecule is O=C1N=C([NH+]2CCOCC2)S/C1=C\c1ccc([O-])c(I)c1. The van der Waals surface area contributed by atoms with E-state index in [2.05, 4.69) is 4.99 Å². The maximum Gasteiger partial charge on any atom is 0.289 e. The van der Waals surface area contributed by atoms with Crippen molar-refractivity contribution in [1.29, 1.82) is 0 Å². The van der Waals surface area contributed by atoms with Gasteiger partial charge in [-0.2, -0.15) is 0 Å². The Labute approximate surface area is 140 Å². The van der Waals surface area contributed by atoms with Crippen LogP contribution in [-0.2, 0) is 9.53 Å². The second-order valence-electron chi connectivity index (χ2n) is 4.74. The molecular weight excluding hydrogens is 403 g/mol. The highest BCUT2D eigenvalue weighted by Crippen LogP contribution is 2.27. The van der Waals surface area contributed by atoms with Crippen LogP contribution in [0.1, 0.15) is 5.56 Å². The van der Waals surface area contributed by atoms with Crippen molar-refractivity contribution in [2.24, 2.45) is 4.99 Å². The van der Waals surface area contributed by atoms with Gasteiger partial charge in [0.2, 0.25) is 0 Å². The molecule has 5 nitrogen and oxygen atoms in total. The minimum absolute atomic E-state index is 0.00199. The number of hydrogen-bond acceptors (Lipinski definition) is 4. The van der Waals surface area contributed by atoms with Crippen molar-refractivity contribution in [3.05, 3.63) is 32.2 Å². The van der Waals surface area contributed by atoms with Gasteiger partial charge in [0, 0.05) is 3.57 Å². The van der Waals surface area contributed by atoms with Crippen molar-refractivity contribution >= 4 is 51.5 Å². The number of nitrogens with zero attached hydrogens (tertiary/aromatic N) is 1. The van der Waals surface area contributed by atoms with Gasteiger partial charge in [-0.25, -0.2) is 0 Å². The number of halogens is 1. The largest absolute Gasteiger partial charge is 0.872 e. The summed E-state index contributed by atoms with van der Waals surface area (Å²) in [7, 11) is 0. The second kappa shape index (κ2) is 6.47. The van der Waals surface area contributed by atoms with Crippen LogP contribution in [0.2, 0.25) is 0 Å². The zero-order valence-corrected chi connectivity index (χ0v) is 14.1. The van der Waals surface area contributed by atoms with Crippen LogP contribution < -0.4 is 10.0 Å². The van der Waals surface area contributed by atoms with E-state index in [1.807, 2.05) is 22.6 Å². The van der Waals surface area contributed by atoms with E-state index in [9.17, 15) is 9.90 Å². The van der Waals surface area contributed by atoms with Crippen LogP contribution >= 0.6 is 34.4 Å². The highest BCUT2D eigenvalue weighted by molar-refractivity contribution is 14.1. The van der Waals surface area contributed by atoms with E-state index in [1.54, 1.807) is 18.2 Å². The van der Waals surface area contributed by atoms with Crippen LogP contribution in [0.5, 0.6) is 5.75 Å². The van der Waals surface area contributed by atoms with Gasteiger partial charge in [-0.05, 0) is 52.1 Å². The molecule has 3 rings (SSSR count). The number of quaternary nitrogens is 1. The molecule has 7 heteroatoms. The van der Waals surface area contributed by atoms with E-state index in [1.165, 1.54) is 22.7 Å². The Morgan fingerprint density at radius 2 is 2.14 bits per heavy atom. The lowest BCUT2D eigenvalue weighted by Crippen LogP contribution is -3.15. The van der Waals surface area contributed by atoms with Gasteiger partial charge in [0.25, 0.3) is 11.1 Å². The van der Waals surface area contributed by atoms with E-state index in [-0.39, 0.29) is 11.7 Å². The number of aliphatic imine (C=N–C) groups is 1. The molecule has 0 saturated carbocycles. The molecule has 0 spiro atoms. The standard InChI is InChI=1S/C14H13IN2O3S/c15-10-7-9(1-2-11(10)18)8-12-13(19)16-14(21-12)17-3-5-20-6-4-17/h1-2,7-8,18H,3-6H2/b12-8-. The normalized spacial score (nSPS) is 21.9. The lowest BCUT2D eigenvalue weighted by atomic mass is 10.2. The molecule has 1 amide bonds. The van der Waals surface area contributed by atoms with Crippen LogP contribution in [0.15, 0.2) is 28.1 Å². The molecule has 0 aliphatic carbocycles. The van der Waals surface area contributed by atoms with E-state index < -0.39 is 0 Å². The van der Waals surface area contributed by atoms with Crippen LogP contribution in [0.3, 0.4) is 0 Å². The summed E-state index contributed by atoms with van der Waals surface area (Å²) in [6.45, 7) is 3.08. The van der Waals surface area contributed by atoms with Gasteiger partial charge in [0.1, 0.15) is 13.1 Å². The summed E-state index contributed by atoms with van der Waals surface area (Å²) in [6.07, 6.45) is 1.80. The molecule has 0 aromatic heterocycles. The third kappa shape index (κ3) is 3.47. The van der Waals surface area contributed by atoms with Gasteiger partial charge in [-0.15, -0.1) is 4.99 Å². The van der Waals surface area contributed by atoms with Crippen molar-refractivity contribution in [2.45, 2.75) is 0 Å². The zero-order valence-electron chi connectivity index (χ0n) is 11.1. The lowest BCUT2D eigenvalue weighted by Gasteiger charge is -2.21. The maximum atomic E-state index is 12.0. The number of hydrogen-bond donors (Lipinski definition) is 1. The Morgan fingerprint density at radius 1 is 1.38 bits per heavy atom. The zero-order chi connectivity index (χ0) is 14.8. The molecule has 0 atom stereocenters. The molecule has 0 radical (unpaired) electrons. The second-order valence-corrected chi connectivity index (χ2v) is 6.93. The molecule has 1 saturated heterocycles. The summed E-state index contributed by atoms with van der Waals surface area (Å²) in [6, 6.07) is 5.03. The number of thioether (sulfide) groups is 1. The smallest absolute Gasteiger partial charge is 0.289 e. The van der Waals surface area contributed by atoms with Gasteiger partial charge in [0.15, 0.2) is 0 Å². The van der Waals surface area contributed by atoms with E-state index in [0.29, 0.717) is 21.7 Å². The Hall–Kier alpha value is -0.900. The number of rotatable bonds is 1. The Morgan fingerprint density at radius 3 is 2.86 bits per heavy atom. The summed E-state index contributed by atoms with van der Waals surface area (Å²) in [5.41, 5.74) is 0.850. The first-order valence-electron chi connectivity index (χ1n) is 6.55. The minimum atomic E-state index is -0.199. The van der Waals surface area contributed by atoms with E-state index in [4.69, 9.17) is 4.74 Å². The van der Waals surface area contributed by atoms with Gasteiger partial charge < -0.3 is 9.84 Å². The molecule has 2 aliphatic rings. The number of carbonyl (C=O) groups excluding carboxylic acids is 1. The average Bonchev–Trinajstić information content (AvgIpc) is 2.85. The quantitative estimate of drug-likeness (QED) is 0.527. The Balaban J connectivity index is 1.77. The molecule has 0 bridgehead atoms. The number of benzene rings is 1. The van der Waals surface area contributed by atoms with Gasteiger partial charge in [0.05, 0.1) is 18.1 Å². The van der Waals surface area contributed by atoms with Gasteiger partial charge in [-0.3, -0.25) is 9.69 Å². The number of carbonyl (C=O) groups is 1. The summed E-state index contributed by atoms with van der Waals surface area (Å²) in [5.74, 6) is -0.201. The first kappa shape index (κ1) is 15.0. The third-order valence-corrected chi connectivity index (χ3v) is 5.20. The van der Waals surface area contributed by atoms with Crippen molar-refractivity contribution in [1.82, 2.24) is 0 Å². The van der Waals surface area contributed by atoms with Crippen molar-refractivity contribution < 1.29 is 19.5 Å². The predicted octanol–water partition coefficient (Wildman–Crippen LogP) is 0.250. The molecule has 21 heavy (non-hydrogen) atoms. The molecule has 1 fully saturated rings. The molecule has 0 unspecified atom stereocenters. The maximum absolute atomic E-state index is 12.0. The summed E-state index contributed by atoms with van der Waals surface area (Å²) in [5, 5.41) is 12.2. The Bertz CT molecular complexity index is 639. The number of amidine groups is 1. The van der Waals surface area contributed by atoms with Crippen LogP contribution in [0, 0.1) is 3.57 Å². The molecule has 110 valence electrons. The number of amides is 1. The van der Waals surface area contributed by atoms with E-state index >= 15 is 0 Å². The first-order valence-corrected chi connectivity index (χ1v) is 8.45. The minimum Gasteiger partial charge on any atom is -0.872 e. The average molecular weight is 416 g/mol. The molecule has 1 N–H and O–H groups in total. The Kier molecular flexibility index (Phi) is 4.63. The fourth-order valence-corrected chi connectivity index (χ4v) is 3.70. The third-order valence-electron chi connectivity index (χ3n) is 3.27. The molecule has 1 aromatic carbocycles. The van der Waals surface area contributed by atoms with Crippen molar-refractivity contribution in [3.8, 4) is 5.75 Å². The first-order chi connectivity index (χ1) is 10.1. The molecule has 2 aliphatic heterocycles. The van der Waals surface area contributed by atoms with E-state index in [0.717, 1.165) is 23.8 Å². The molecular formula is C14H13IN2O3S. The lowest BCUT2D eigenvalue weighted by molar-refractivity contribution is -0.812. The van der Waals surface area contributed by atoms with Crippen molar-refractivity contribution in [3.63, 3.8) is 0 Å². The van der Waals surface area contributed by atoms with Crippen LogP contribution in [-0.4, -0.2) is 37.4 Å². The monoisotopic (exact) mass is 416 g/mol. The van der Waals surface area contributed by atoms with Gasteiger partial charge >= 0.3 is 0 Å². The molecule has 1 aromatic rings. The summed E-state index contributed by atoms with van der Waals surface area (Å²) < 4.78 is 5.97. The summed E-state index contributed by atoms with van der Waals surface area (Å²) >= 11 is 3.42. The summed E-state index contributed by atoms with van der Waals surface area (Å²) in [4.78, 5) is 18.0. The van der Waals surface area contributed by atoms with Crippen LogP contribution in [0.25, 0.3) is 6.08 Å². The number of ether oxygens (including phenoxy) is 1. The topological polar surface area (TPSA) is 66.2 Å². The fourth-order valence-electron chi connectivity index (χ4n) is 2.15. The number of morpholine rings is 1. The highest BCUT2D eigenvalue weighted by Gasteiger charge is 2.31. The predicted molar refractivity (Wildman–Crippen MR) is 88.1 cm³/mol.